The fourth-order valence-electron chi connectivity index (χ4n) is 0.750. The summed E-state index contributed by atoms with van der Waals surface area (Å²) in [5.74, 6) is -0.862. The molecule has 1 aliphatic rings. The van der Waals surface area contributed by atoms with Gasteiger partial charge in [0.2, 0.25) is 0 Å². The fraction of sp³-hybridized carbons (Fsp3) is 0.800. The average Bonchev–Trinajstić information content (AvgIpc) is 1.57. The van der Waals surface area contributed by atoms with Crippen molar-refractivity contribution in [2.45, 2.75) is 18.2 Å². The Morgan fingerprint density at radius 2 is 2.12 bits per heavy atom. The van der Waals surface area contributed by atoms with Crippen LogP contribution in [0.15, 0.2) is 0 Å². The number of carboxylic acid groups (broad SMARTS) is 1. The predicted octanol–water partition coefficient (Wildman–Crippen LogP) is 1.09. The van der Waals surface area contributed by atoms with Crippen LogP contribution in [0.4, 0.5) is 0 Å². The summed E-state index contributed by atoms with van der Waals surface area (Å²) in [6.07, 6.45) is 1.30. The molecule has 1 rings (SSSR count). The van der Waals surface area contributed by atoms with Crippen LogP contribution in [0.1, 0.15) is 12.8 Å². The summed E-state index contributed by atoms with van der Waals surface area (Å²) in [6.45, 7) is 0. The zero-order valence-electron chi connectivity index (χ0n) is 4.30. The van der Waals surface area contributed by atoms with Gasteiger partial charge in [-0.05, 0) is 12.8 Å². The average molecular weight is 135 g/mol. The summed E-state index contributed by atoms with van der Waals surface area (Å²) in [5.41, 5.74) is 0. The Morgan fingerprint density at radius 3 is 2.25 bits per heavy atom. The third kappa shape index (κ3) is 0.944. The second-order valence-corrected chi connectivity index (χ2v) is 2.72. The van der Waals surface area contributed by atoms with E-state index < -0.39 is 5.97 Å². The highest BCUT2D eigenvalue weighted by Gasteiger charge is 2.32. The van der Waals surface area contributed by atoms with E-state index in [0.29, 0.717) is 12.8 Å². The molecule has 0 atom stereocenters. The van der Waals surface area contributed by atoms with E-state index in [4.69, 9.17) is 16.7 Å². The first-order valence-corrected chi connectivity index (χ1v) is 3.00. The molecule has 0 bridgehead atoms. The maximum Gasteiger partial charge on any atom is 0.306 e. The van der Waals surface area contributed by atoms with Gasteiger partial charge in [0.15, 0.2) is 0 Å². The predicted molar refractivity (Wildman–Crippen MR) is 30.0 cm³/mol. The molecule has 0 aromatic heterocycles. The van der Waals surface area contributed by atoms with Gasteiger partial charge < -0.3 is 5.11 Å². The minimum absolute atomic E-state index is 0.121. The Balaban J connectivity index is 2.25. The lowest BCUT2D eigenvalue weighted by atomic mass is 9.85. The number of carbonyl (C=O) groups is 1. The van der Waals surface area contributed by atoms with Crippen molar-refractivity contribution in [3.05, 3.63) is 0 Å². The van der Waals surface area contributed by atoms with Crippen molar-refractivity contribution >= 4 is 17.6 Å². The van der Waals surface area contributed by atoms with E-state index in [1.807, 2.05) is 0 Å². The van der Waals surface area contributed by atoms with Crippen LogP contribution in [0.2, 0.25) is 0 Å². The summed E-state index contributed by atoms with van der Waals surface area (Å²) >= 11 is 5.52. The molecule has 0 heterocycles. The molecule has 2 nitrogen and oxygen atoms in total. The molecule has 46 valence electrons. The zero-order chi connectivity index (χ0) is 6.15. The van der Waals surface area contributed by atoms with Crippen LogP contribution >= 0.6 is 11.6 Å². The van der Waals surface area contributed by atoms with Gasteiger partial charge in [-0.15, -0.1) is 11.6 Å². The molecular formula is C5H7ClO2. The lowest BCUT2D eigenvalue weighted by Crippen LogP contribution is -2.30. The highest BCUT2D eigenvalue weighted by molar-refractivity contribution is 6.21. The number of rotatable bonds is 1. The molecule has 0 saturated heterocycles. The molecule has 1 saturated carbocycles. The molecule has 0 aromatic rings. The summed E-state index contributed by atoms with van der Waals surface area (Å²) in [7, 11) is 0. The van der Waals surface area contributed by atoms with Gasteiger partial charge in [0, 0.05) is 5.38 Å². The molecule has 0 spiro atoms. The summed E-state index contributed by atoms with van der Waals surface area (Å²) < 4.78 is 0. The monoisotopic (exact) mass is 134 g/mol. The minimum Gasteiger partial charge on any atom is -0.481 e. The molecule has 0 aliphatic heterocycles. The molecule has 1 fully saturated rings. The first kappa shape index (κ1) is 5.89. The third-order valence-electron chi connectivity index (χ3n) is 1.43. The van der Waals surface area contributed by atoms with Crippen LogP contribution in [0.5, 0.6) is 0 Å². The minimum atomic E-state index is -0.707. The van der Waals surface area contributed by atoms with E-state index in [1.165, 1.54) is 0 Å². The largest absolute Gasteiger partial charge is 0.481 e. The number of carboxylic acids is 1. The van der Waals surface area contributed by atoms with Gasteiger partial charge in [0.1, 0.15) is 0 Å². The van der Waals surface area contributed by atoms with E-state index >= 15 is 0 Å². The Hall–Kier alpha value is -0.240. The van der Waals surface area contributed by atoms with Crippen LogP contribution in [0, 0.1) is 5.92 Å². The first-order valence-electron chi connectivity index (χ1n) is 2.57. The number of hydrogen-bond donors (Lipinski definition) is 1. The Kier molecular flexibility index (Phi) is 1.43. The van der Waals surface area contributed by atoms with E-state index in [2.05, 4.69) is 0 Å². The zero-order valence-corrected chi connectivity index (χ0v) is 5.06. The van der Waals surface area contributed by atoms with Gasteiger partial charge in [-0.3, -0.25) is 4.79 Å². The van der Waals surface area contributed by atoms with Gasteiger partial charge in [0.25, 0.3) is 0 Å². The van der Waals surface area contributed by atoms with E-state index in [-0.39, 0.29) is 11.3 Å². The molecule has 3 heteroatoms. The van der Waals surface area contributed by atoms with Crippen LogP contribution in [0.3, 0.4) is 0 Å². The van der Waals surface area contributed by atoms with Crippen molar-refractivity contribution in [1.29, 1.82) is 0 Å². The molecular weight excluding hydrogens is 128 g/mol. The maximum atomic E-state index is 10.1. The number of hydrogen-bond acceptors (Lipinski definition) is 1. The fourth-order valence-corrected chi connectivity index (χ4v) is 1.18. The summed E-state index contributed by atoms with van der Waals surface area (Å²) in [5, 5.41) is 8.41. The number of halogens is 1. The number of alkyl halides is 1. The molecule has 0 amide bonds. The molecule has 1 N–H and O–H groups in total. The Bertz CT molecular complexity index is 107. The van der Waals surface area contributed by atoms with Crippen LogP contribution in [-0.4, -0.2) is 16.5 Å². The van der Waals surface area contributed by atoms with Gasteiger partial charge >= 0.3 is 5.97 Å². The van der Waals surface area contributed by atoms with Gasteiger partial charge in [-0.1, -0.05) is 0 Å². The van der Waals surface area contributed by atoms with Crippen LogP contribution in [-0.2, 0) is 4.79 Å². The smallest absolute Gasteiger partial charge is 0.306 e. The summed E-state index contributed by atoms with van der Waals surface area (Å²) in [4.78, 5) is 10.1. The molecule has 0 radical (unpaired) electrons. The Labute approximate surface area is 52.5 Å². The Morgan fingerprint density at radius 1 is 1.62 bits per heavy atom. The topological polar surface area (TPSA) is 37.3 Å². The summed E-state index contributed by atoms with van der Waals surface area (Å²) in [6, 6.07) is 0. The third-order valence-corrected chi connectivity index (χ3v) is 1.79. The van der Waals surface area contributed by atoms with E-state index in [0.717, 1.165) is 0 Å². The first-order chi connectivity index (χ1) is 3.70. The quantitative estimate of drug-likeness (QED) is 0.545. The molecule has 8 heavy (non-hydrogen) atoms. The van der Waals surface area contributed by atoms with E-state index in [9.17, 15) is 4.79 Å². The van der Waals surface area contributed by atoms with Crippen molar-refractivity contribution in [3.63, 3.8) is 0 Å². The lowest BCUT2D eigenvalue weighted by Gasteiger charge is -2.26. The second kappa shape index (κ2) is 1.94. The molecule has 1 aliphatic carbocycles. The molecule has 0 unspecified atom stereocenters. The highest BCUT2D eigenvalue weighted by Crippen LogP contribution is 2.31. The van der Waals surface area contributed by atoms with E-state index in [1.54, 1.807) is 0 Å². The standard InChI is InChI=1S/C5H7ClO2/c6-4-1-3(2-4)5(7)8/h3-4H,1-2H2,(H,7,8)/t3-,4+. The normalized spacial score (nSPS) is 36.1. The van der Waals surface area contributed by atoms with Crippen molar-refractivity contribution in [1.82, 2.24) is 0 Å². The highest BCUT2D eigenvalue weighted by atomic mass is 35.5. The second-order valence-electron chi connectivity index (χ2n) is 2.10. The van der Waals surface area contributed by atoms with Crippen molar-refractivity contribution < 1.29 is 9.90 Å². The van der Waals surface area contributed by atoms with Gasteiger partial charge in [-0.2, -0.15) is 0 Å². The van der Waals surface area contributed by atoms with Gasteiger partial charge in [-0.25, -0.2) is 0 Å². The van der Waals surface area contributed by atoms with Crippen molar-refractivity contribution in [2.24, 2.45) is 5.92 Å². The maximum absolute atomic E-state index is 10.1. The SMILES string of the molecule is O=C(O)[C@H]1C[C@@H](Cl)C1. The van der Waals surface area contributed by atoms with Crippen molar-refractivity contribution in [2.75, 3.05) is 0 Å². The van der Waals surface area contributed by atoms with Crippen LogP contribution in [0.25, 0.3) is 0 Å². The van der Waals surface area contributed by atoms with Crippen LogP contribution < -0.4 is 0 Å². The lowest BCUT2D eigenvalue weighted by molar-refractivity contribution is -0.144. The van der Waals surface area contributed by atoms with Gasteiger partial charge in [0.05, 0.1) is 5.92 Å². The van der Waals surface area contributed by atoms with Crippen molar-refractivity contribution in [3.8, 4) is 0 Å². The number of aliphatic carboxylic acids is 1. The molecule has 0 aromatic carbocycles.